The molecule has 0 spiro atoms. The zero-order valence-corrected chi connectivity index (χ0v) is 10.4. The molecule has 0 atom stereocenters. The summed E-state index contributed by atoms with van der Waals surface area (Å²) in [5.74, 6) is 0.214. The minimum atomic E-state index is -0.265. The Morgan fingerprint density at radius 3 is 2.67 bits per heavy atom. The smallest absolute Gasteiger partial charge is 0.328 e. The fraction of sp³-hybridized carbons (Fsp3) is 0.250. The number of hydrogen-bond donors (Lipinski definition) is 2. The van der Waals surface area contributed by atoms with E-state index >= 15 is 0 Å². The van der Waals surface area contributed by atoms with Gasteiger partial charge in [0.25, 0.3) is 5.91 Å². The number of rotatable bonds is 3. The van der Waals surface area contributed by atoms with Gasteiger partial charge in [-0.05, 0) is 37.6 Å². The molecule has 0 bridgehead atoms. The largest absolute Gasteiger partial charge is 0.388 e. The number of amides is 1. The highest BCUT2D eigenvalue weighted by Gasteiger charge is 2.12. The maximum absolute atomic E-state index is 12.0. The maximum Gasteiger partial charge on any atom is 0.328 e. The maximum atomic E-state index is 12.0. The number of anilines is 2. The monoisotopic (exact) mass is 246 g/mol. The van der Waals surface area contributed by atoms with Crippen molar-refractivity contribution in [2.75, 3.05) is 17.7 Å². The molecular formula is C12H14N4O2. The van der Waals surface area contributed by atoms with E-state index in [2.05, 4.69) is 20.8 Å². The number of benzene rings is 1. The predicted molar refractivity (Wildman–Crippen MR) is 67.7 cm³/mol. The van der Waals surface area contributed by atoms with Crippen molar-refractivity contribution in [1.29, 1.82) is 0 Å². The molecule has 6 nitrogen and oxygen atoms in total. The molecular weight excluding hydrogens is 232 g/mol. The number of carbonyl (C=O) groups is 1. The van der Waals surface area contributed by atoms with Crippen LogP contribution in [-0.2, 0) is 0 Å². The summed E-state index contributed by atoms with van der Waals surface area (Å²) >= 11 is 0. The first-order chi connectivity index (χ1) is 8.60. The first-order valence-corrected chi connectivity index (χ1v) is 5.50. The Kier molecular flexibility index (Phi) is 3.27. The average molecular weight is 246 g/mol. The number of aryl methyl sites for hydroxylation is 2. The van der Waals surface area contributed by atoms with E-state index in [0.29, 0.717) is 11.4 Å². The molecule has 1 amide bonds. The van der Waals surface area contributed by atoms with Crippen molar-refractivity contribution in [3.05, 3.63) is 35.2 Å². The zero-order valence-electron chi connectivity index (χ0n) is 10.4. The minimum Gasteiger partial charge on any atom is -0.388 e. The van der Waals surface area contributed by atoms with Crippen LogP contribution in [0, 0.1) is 13.8 Å². The van der Waals surface area contributed by atoms with Crippen molar-refractivity contribution in [1.82, 2.24) is 10.1 Å². The lowest BCUT2D eigenvalue weighted by Crippen LogP contribution is -2.13. The van der Waals surface area contributed by atoms with Gasteiger partial charge in [-0.2, -0.15) is 4.98 Å². The van der Waals surface area contributed by atoms with Crippen LogP contribution in [0.25, 0.3) is 0 Å². The van der Waals surface area contributed by atoms with Gasteiger partial charge >= 0.3 is 6.01 Å². The molecule has 0 radical (unpaired) electrons. The lowest BCUT2D eigenvalue weighted by Gasteiger charge is -2.07. The van der Waals surface area contributed by atoms with Gasteiger partial charge in [-0.25, -0.2) is 0 Å². The first kappa shape index (κ1) is 12.1. The summed E-state index contributed by atoms with van der Waals surface area (Å²) < 4.78 is 4.84. The quantitative estimate of drug-likeness (QED) is 0.865. The fourth-order valence-electron chi connectivity index (χ4n) is 1.59. The Morgan fingerprint density at radius 1 is 1.33 bits per heavy atom. The van der Waals surface area contributed by atoms with Crippen LogP contribution in [0.5, 0.6) is 0 Å². The van der Waals surface area contributed by atoms with Crippen LogP contribution in [-0.4, -0.2) is 23.1 Å². The minimum absolute atomic E-state index is 0.106. The van der Waals surface area contributed by atoms with Crippen LogP contribution >= 0.6 is 0 Å². The van der Waals surface area contributed by atoms with E-state index in [0.717, 1.165) is 11.3 Å². The van der Waals surface area contributed by atoms with Crippen LogP contribution in [0.1, 0.15) is 21.7 Å². The van der Waals surface area contributed by atoms with Gasteiger partial charge in [0.05, 0.1) is 0 Å². The Bertz CT molecular complexity index is 577. The molecule has 1 aromatic heterocycles. The molecule has 18 heavy (non-hydrogen) atoms. The Labute approximate surface area is 104 Å². The van der Waals surface area contributed by atoms with E-state index in [4.69, 9.17) is 4.52 Å². The molecule has 0 saturated carbocycles. The molecule has 94 valence electrons. The number of nitrogens with zero attached hydrogens (tertiary/aromatic N) is 2. The van der Waals surface area contributed by atoms with Gasteiger partial charge in [-0.1, -0.05) is 5.16 Å². The SMILES string of the molecule is CNc1ccc(C(=O)Nc2nc(C)no2)c(C)c1. The van der Waals surface area contributed by atoms with Crippen molar-refractivity contribution in [2.45, 2.75) is 13.8 Å². The van der Waals surface area contributed by atoms with Gasteiger partial charge < -0.3 is 9.84 Å². The molecule has 0 aliphatic rings. The summed E-state index contributed by atoms with van der Waals surface area (Å²) in [5.41, 5.74) is 2.40. The third kappa shape index (κ3) is 2.48. The Balaban J connectivity index is 2.18. The van der Waals surface area contributed by atoms with Crippen molar-refractivity contribution >= 4 is 17.6 Å². The van der Waals surface area contributed by atoms with Crippen LogP contribution < -0.4 is 10.6 Å². The highest BCUT2D eigenvalue weighted by atomic mass is 16.5. The molecule has 0 aliphatic carbocycles. The van der Waals surface area contributed by atoms with Crippen molar-refractivity contribution < 1.29 is 9.32 Å². The molecule has 2 N–H and O–H groups in total. The van der Waals surface area contributed by atoms with Crippen LogP contribution in [0.15, 0.2) is 22.7 Å². The summed E-state index contributed by atoms with van der Waals surface area (Å²) in [7, 11) is 1.83. The highest BCUT2D eigenvalue weighted by Crippen LogP contribution is 2.16. The number of nitrogens with one attached hydrogen (secondary N) is 2. The van der Waals surface area contributed by atoms with Crippen LogP contribution in [0.2, 0.25) is 0 Å². The second-order valence-corrected chi connectivity index (χ2v) is 3.88. The molecule has 0 aliphatic heterocycles. The topological polar surface area (TPSA) is 80.0 Å². The first-order valence-electron chi connectivity index (χ1n) is 5.50. The predicted octanol–water partition coefficient (Wildman–Crippen LogP) is 1.98. The standard InChI is InChI=1S/C12H14N4O2/c1-7-6-9(13-3)4-5-10(7)11(17)15-12-14-8(2)16-18-12/h4-6,13H,1-3H3,(H,14,15,16,17). The normalized spacial score (nSPS) is 10.2. The third-order valence-electron chi connectivity index (χ3n) is 2.51. The molecule has 6 heteroatoms. The lowest BCUT2D eigenvalue weighted by molar-refractivity contribution is 0.102. The molecule has 2 aromatic rings. The molecule has 1 aromatic carbocycles. The molecule has 2 rings (SSSR count). The van der Waals surface area contributed by atoms with Crippen molar-refractivity contribution in [2.24, 2.45) is 0 Å². The Hall–Kier alpha value is -2.37. The average Bonchev–Trinajstić information content (AvgIpc) is 2.74. The summed E-state index contributed by atoms with van der Waals surface area (Å²) in [6.45, 7) is 3.56. The van der Waals surface area contributed by atoms with Gasteiger partial charge in [-0.3, -0.25) is 10.1 Å². The summed E-state index contributed by atoms with van der Waals surface area (Å²) in [6, 6.07) is 5.59. The number of carbonyl (C=O) groups excluding carboxylic acids is 1. The van der Waals surface area contributed by atoms with E-state index in [1.54, 1.807) is 13.0 Å². The van der Waals surface area contributed by atoms with E-state index in [1.807, 2.05) is 26.1 Å². The highest BCUT2D eigenvalue weighted by molar-refractivity contribution is 6.04. The second-order valence-electron chi connectivity index (χ2n) is 3.88. The molecule has 0 fully saturated rings. The van der Waals surface area contributed by atoms with Gasteiger partial charge in [0, 0.05) is 18.3 Å². The van der Waals surface area contributed by atoms with Gasteiger partial charge in [0.2, 0.25) is 0 Å². The molecule has 0 saturated heterocycles. The van der Waals surface area contributed by atoms with Gasteiger partial charge in [0.15, 0.2) is 5.82 Å². The van der Waals surface area contributed by atoms with Crippen molar-refractivity contribution in [3.8, 4) is 0 Å². The van der Waals surface area contributed by atoms with E-state index in [1.165, 1.54) is 0 Å². The van der Waals surface area contributed by atoms with Crippen LogP contribution in [0.4, 0.5) is 11.7 Å². The van der Waals surface area contributed by atoms with E-state index in [-0.39, 0.29) is 11.9 Å². The van der Waals surface area contributed by atoms with Gasteiger partial charge in [-0.15, -0.1) is 0 Å². The molecule has 0 unspecified atom stereocenters. The fourth-order valence-corrected chi connectivity index (χ4v) is 1.59. The van der Waals surface area contributed by atoms with E-state index < -0.39 is 0 Å². The van der Waals surface area contributed by atoms with Crippen LogP contribution in [0.3, 0.4) is 0 Å². The van der Waals surface area contributed by atoms with Crippen molar-refractivity contribution in [3.63, 3.8) is 0 Å². The van der Waals surface area contributed by atoms with E-state index in [9.17, 15) is 4.79 Å². The summed E-state index contributed by atoms with van der Waals surface area (Å²) in [5, 5.41) is 9.17. The zero-order chi connectivity index (χ0) is 13.1. The lowest BCUT2D eigenvalue weighted by atomic mass is 10.1. The number of aromatic nitrogens is 2. The second kappa shape index (κ2) is 4.87. The summed E-state index contributed by atoms with van der Waals surface area (Å²) in [6.07, 6.45) is 0. The Morgan fingerprint density at radius 2 is 2.11 bits per heavy atom. The summed E-state index contributed by atoms with van der Waals surface area (Å²) in [4.78, 5) is 15.9. The number of hydrogen-bond acceptors (Lipinski definition) is 5. The van der Waals surface area contributed by atoms with Gasteiger partial charge in [0.1, 0.15) is 0 Å². The molecule has 1 heterocycles. The third-order valence-corrected chi connectivity index (χ3v) is 2.51.